The van der Waals surface area contributed by atoms with Gasteiger partial charge in [0.05, 0.1) is 0 Å². The van der Waals surface area contributed by atoms with Crippen LogP contribution < -0.4 is 5.32 Å². The number of carbonyl (C=O) groups is 1. The maximum Gasteiger partial charge on any atom is 0.303 e. The molecule has 0 aliphatic rings. The predicted molar refractivity (Wildman–Crippen MR) is 63.3 cm³/mol. The Labute approximate surface area is 92.2 Å². The number of guanidine groups is 1. The first kappa shape index (κ1) is 16.2. The molecule has 2 N–H and O–H groups in total. The van der Waals surface area contributed by atoms with Crippen LogP contribution in [0.25, 0.3) is 0 Å². The third-order valence-electron chi connectivity index (χ3n) is 1.60. The molecule has 5 heteroatoms. The fourth-order valence-corrected chi connectivity index (χ4v) is 0.863. The molecule has 0 heterocycles. The van der Waals surface area contributed by atoms with Crippen LogP contribution in [0.15, 0.2) is 4.99 Å². The van der Waals surface area contributed by atoms with E-state index in [1.165, 1.54) is 0 Å². The van der Waals surface area contributed by atoms with Gasteiger partial charge in [0.25, 0.3) is 0 Å². The summed E-state index contributed by atoms with van der Waals surface area (Å²) in [7, 11) is 7.49. The average molecular weight is 217 g/mol. The van der Waals surface area contributed by atoms with E-state index in [4.69, 9.17) is 5.11 Å². The molecule has 0 aliphatic heterocycles. The van der Waals surface area contributed by atoms with Crippen molar-refractivity contribution in [2.24, 2.45) is 4.99 Å². The van der Waals surface area contributed by atoms with Crippen molar-refractivity contribution in [2.75, 3.05) is 28.2 Å². The quantitative estimate of drug-likeness (QED) is 0.547. The largest absolute Gasteiger partial charge is 0.481 e. The van der Waals surface area contributed by atoms with Gasteiger partial charge in [0.2, 0.25) is 0 Å². The first-order valence-electron chi connectivity index (χ1n) is 5.03. The van der Waals surface area contributed by atoms with Gasteiger partial charge in [-0.2, -0.15) is 0 Å². The smallest absolute Gasteiger partial charge is 0.303 e. The lowest BCUT2D eigenvalue weighted by Crippen LogP contribution is -2.33. The van der Waals surface area contributed by atoms with Crippen molar-refractivity contribution in [3.8, 4) is 0 Å². The first-order valence-corrected chi connectivity index (χ1v) is 5.03. The fourth-order valence-electron chi connectivity index (χ4n) is 0.863. The summed E-state index contributed by atoms with van der Waals surface area (Å²) < 4.78 is 0. The van der Waals surface area contributed by atoms with Gasteiger partial charge in [-0.05, 0) is 6.42 Å². The van der Waals surface area contributed by atoms with Gasteiger partial charge in [-0.3, -0.25) is 9.79 Å². The zero-order valence-electron chi connectivity index (χ0n) is 10.4. The number of carboxylic acid groups (broad SMARTS) is 1. The summed E-state index contributed by atoms with van der Waals surface area (Å²) in [6.07, 6.45) is 2.08. The molecule has 0 saturated heterocycles. The van der Waals surface area contributed by atoms with Gasteiger partial charge in [-0.15, -0.1) is 0 Å². The second-order valence-corrected chi connectivity index (χ2v) is 3.19. The molecule has 0 atom stereocenters. The summed E-state index contributed by atoms with van der Waals surface area (Å²) in [5, 5.41) is 11.0. The highest BCUT2D eigenvalue weighted by Gasteiger charge is 1.91. The summed E-state index contributed by atoms with van der Waals surface area (Å²) in [5.74, 6) is 0.201. The molecule has 0 unspecified atom stereocenters. The van der Waals surface area contributed by atoms with Crippen molar-refractivity contribution < 1.29 is 9.90 Å². The third-order valence-corrected chi connectivity index (χ3v) is 1.60. The molecule has 5 nitrogen and oxygen atoms in total. The average Bonchev–Trinajstić information content (AvgIpc) is 2.17. The standard InChI is InChI=1S/C5H13N3.C5H10O2/c1-6-5(7-2)8(3)4;1-2-3-4-5(6)7/h1-4H3,(H,6,7);2-4H2,1H3,(H,6,7). The van der Waals surface area contributed by atoms with Crippen molar-refractivity contribution in [3.05, 3.63) is 0 Å². The molecule has 0 aromatic rings. The Bertz CT molecular complexity index is 191. The zero-order valence-corrected chi connectivity index (χ0v) is 10.4. The Morgan fingerprint density at radius 1 is 1.47 bits per heavy atom. The highest BCUT2D eigenvalue weighted by atomic mass is 16.4. The number of rotatable bonds is 3. The van der Waals surface area contributed by atoms with Crippen molar-refractivity contribution in [2.45, 2.75) is 26.2 Å². The molecule has 0 rings (SSSR count). The van der Waals surface area contributed by atoms with Crippen LogP contribution in [0.1, 0.15) is 26.2 Å². The van der Waals surface area contributed by atoms with E-state index in [1.54, 1.807) is 7.05 Å². The van der Waals surface area contributed by atoms with Crippen molar-refractivity contribution in [1.82, 2.24) is 10.2 Å². The molecule has 0 saturated carbocycles. The van der Waals surface area contributed by atoms with Crippen molar-refractivity contribution >= 4 is 11.9 Å². The Kier molecular flexibility index (Phi) is 11.7. The minimum Gasteiger partial charge on any atom is -0.481 e. The Morgan fingerprint density at radius 3 is 2.07 bits per heavy atom. The van der Waals surface area contributed by atoms with E-state index < -0.39 is 5.97 Å². The Balaban J connectivity index is 0. The monoisotopic (exact) mass is 217 g/mol. The van der Waals surface area contributed by atoms with E-state index >= 15 is 0 Å². The summed E-state index contributed by atoms with van der Waals surface area (Å²) in [5.41, 5.74) is 0. The van der Waals surface area contributed by atoms with E-state index in [-0.39, 0.29) is 0 Å². The third kappa shape index (κ3) is 12.7. The fraction of sp³-hybridized carbons (Fsp3) is 0.800. The maximum atomic E-state index is 9.76. The highest BCUT2D eigenvalue weighted by molar-refractivity contribution is 5.78. The zero-order chi connectivity index (χ0) is 12.3. The Hall–Kier alpha value is -1.26. The number of nitrogens with zero attached hydrogens (tertiary/aromatic N) is 2. The number of nitrogens with one attached hydrogen (secondary N) is 1. The normalized spacial score (nSPS) is 10.1. The van der Waals surface area contributed by atoms with Crippen LogP contribution in [0.2, 0.25) is 0 Å². The molecule has 0 radical (unpaired) electrons. The molecule has 0 spiro atoms. The van der Waals surface area contributed by atoms with Crippen LogP contribution in [0.3, 0.4) is 0 Å². The van der Waals surface area contributed by atoms with Gasteiger partial charge >= 0.3 is 5.97 Å². The molecular weight excluding hydrogens is 194 g/mol. The van der Waals surface area contributed by atoms with Gasteiger partial charge in [0.15, 0.2) is 5.96 Å². The minimum atomic E-state index is -0.693. The predicted octanol–water partition coefficient (Wildman–Crippen LogP) is 1.01. The molecule has 0 bridgehead atoms. The van der Waals surface area contributed by atoms with Gasteiger partial charge < -0.3 is 15.3 Å². The topological polar surface area (TPSA) is 64.9 Å². The second-order valence-electron chi connectivity index (χ2n) is 3.19. The molecule has 0 aliphatic carbocycles. The SMILES string of the molecule is CCCCC(=O)O.CN=C(NC)N(C)C. The molecule has 0 amide bonds. The second kappa shape index (κ2) is 10.8. The van der Waals surface area contributed by atoms with E-state index in [0.29, 0.717) is 6.42 Å². The van der Waals surface area contributed by atoms with E-state index in [2.05, 4.69) is 10.3 Å². The summed E-state index contributed by atoms with van der Waals surface area (Å²) in [6, 6.07) is 0. The lowest BCUT2D eigenvalue weighted by molar-refractivity contribution is -0.137. The van der Waals surface area contributed by atoms with E-state index in [1.807, 2.05) is 33.0 Å². The van der Waals surface area contributed by atoms with Crippen LogP contribution in [0, 0.1) is 0 Å². The number of unbranched alkanes of at least 4 members (excludes halogenated alkanes) is 1. The summed E-state index contributed by atoms with van der Waals surface area (Å²) in [4.78, 5) is 15.6. The number of aliphatic imine (C=N–C) groups is 1. The van der Waals surface area contributed by atoms with Crippen LogP contribution >= 0.6 is 0 Å². The van der Waals surface area contributed by atoms with Crippen molar-refractivity contribution in [1.29, 1.82) is 0 Å². The van der Waals surface area contributed by atoms with Gasteiger partial charge in [0.1, 0.15) is 0 Å². The van der Waals surface area contributed by atoms with Gasteiger partial charge in [0, 0.05) is 34.6 Å². The first-order chi connectivity index (χ1) is 6.99. The summed E-state index contributed by atoms with van der Waals surface area (Å²) >= 11 is 0. The van der Waals surface area contributed by atoms with Gasteiger partial charge in [-0.1, -0.05) is 13.3 Å². The number of hydrogen-bond donors (Lipinski definition) is 2. The molecule has 0 aromatic carbocycles. The highest BCUT2D eigenvalue weighted by Crippen LogP contribution is 1.91. The molecular formula is C10H23N3O2. The minimum absolute atomic E-state index is 0.316. The van der Waals surface area contributed by atoms with E-state index in [9.17, 15) is 4.79 Å². The molecule has 0 fully saturated rings. The number of hydrogen-bond acceptors (Lipinski definition) is 2. The number of aliphatic carboxylic acids is 1. The maximum absolute atomic E-state index is 9.76. The van der Waals surface area contributed by atoms with Crippen LogP contribution in [0.5, 0.6) is 0 Å². The molecule has 15 heavy (non-hydrogen) atoms. The molecule has 0 aromatic heterocycles. The number of carboxylic acids is 1. The Morgan fingerprint density at radius 2 is 2.00 bits per heavy atom. The van der Waals surface area contributed by atoms with Crippen LogP contribution in [-0.4, -0.2) is 50.1 Å². The van der Waals surface area contributed by atoms with Gasteiger partial charge in [-0.25, -0.2) is 0 Å². The lowest BCUT2D eigenvalue weighted by Gasteiger charge is -2.12. The lowest BCUT2D eigenvalue weighted by atomic mass is 10.3. The summed E-state index contributed by atoms with van der Waals surface area (Å²) in [6.45, 7) is 1.98. The van der Waals surface area contributed by atoms with E-state index in [0.717, 1.165) is 18.8 Å². The molecule has 90 valence electrons. The van der Waals surface area contributed by atoms with Crippen LogP contribution in [-0.2, 0) is 4.79 Å². The van der Waals surface area contributed by atoms with Crippen LogP contribution in [0.4, 0.5) is 0 Å². The van der Waals surface area contributed by atoms with Crippen molar-refractivity contribution in [3.63, 3.8) is 0 Å².